The molecule has 1 amide bonds. The minimum Gasteiger partial charge on any atom is -0.486 e. The van der Waals surface area contributed by atoms with Crippen LogP contribution in [-0.4, -0.2) is 52.3 Å². The number of hydrogen-bond acceptors (Lipinski definition) is 5. The molecule has 7 nitrogen and oxygen atoms in total. The highest BCUT2D eigenvalue weighted by Gasteiger charge is 2.29. The van der Waals surface area contributed by atoms with E-state index in [-0.39, 0.29) is 11.8 Å². The van der Waals surface area contributed by atoms with Gasteiger partial charge in [-0.2, -0.15) is 5.10 Å². The average Bonchev–Trinajstić information content (AvgIpc) is 3.29. The quantitative estimate of drug-likeness (QED) is 0.742. The third kappa shape index (κ3) is 3.44. The summed E-state index contributed by atoms with van der Waals surface area (Å²) in [7, 11) is 0. The molecule has 148 valence electrons. The number of aromatic amines is 1. The maximum atomic E-state index is 13.2. The van der Waals surface area contributed by atoms with E-state index in [1.807, 2.05) is 35.4 Å². The summed E-state index contributed by atoms with van der Waals surface area (Å²) in [5, 5.41) is 7.44. The van der Waals surface area contributed by atoms with Crippen molar-refractivity contribution in [3.63, 3.8) is 0 Å². The van der Waals surface area contributed by atoms with Gasteiger partial charge in [0.15, 0.2) is 11.5 Å². The summed E-state index contributed by atoms with van der Waals surface area (Å²) in [6.07, 6.45) is 7.39. The molecule has 0 radical (unpaired) electrons. The molecule has 2 aromatic heterocycles. The summed E-state index contributed by atoms with van der Waals surface area (Å²) in [5.41, 5.74) is 3.87. The van der Waals surface area contributed by atoms with Crippen molar-refractivity contribution >= 4 is 5.91 Å². The second-order valence-electron chi connectivity index (χ2n) is 7.38. The van der Waals surface area contributed by atoms with Crippen molar-refractivity contribution < 1.29 is 14.3 Å². The summed E-state index contributed by atoms with van der Waals surface area (Å²) in [5.74, 6) is 1.58. The summed E-state index contributed by atoms with van der Waals surface area (Å²) >= 11 is 0. The Balaban J connectivity index is 1.37. The molecule has 1 saturated heterocycles. The number of amides is 1. The number of hydrogen-bond donors (Lipinski definition) is 1. The van der Waals surface area contributed by atoms with Gasteiger partial charge in [-0.3, -0.25) is 14.9 Å². The number of piperidine rings is 1. The summed E-state index contributed by atoms with van der Waals surface area (Å²) < 4.78 is 11.2. The molecule has 7 heteroatoms. The van der Waals surface area contributed by atoms with E-state index in [4.69, 9.17) is 9.47 Å². The number of carbonyl (C=O) groups excluding carboxylic acids is 1. The highest BCUT2D eigenvalue weighted by molar-refractivity contribution is 5.95. The molecule has 0 bridgehead atoms. The predicted molar refractivity (Wildman–Crippen MR) is 107 cm³/mol. The van der Waals surface area contributed by atoms with Gasteiger partial charge in [0.1, 0.15) is 13.2 Å². The number of fused-ring (bicyclic) bond motifs is 1. The third-order valence-corrected chi connectivity index (χ3v) is 5.57. The fourth-order valence-electron chi connectivity index (χ4n) is 4.13. The van der Waals surface area contributed by atoms with E-state index in [1.54, 1.807) is 18.5 Å². The first-order valence-corrected chi connectivity index (χ1v) is 9.92. The first-order chi connectivity index (χ1) is 14.3. The molecule has 0 saturated carbocycles. The van der Waals surface area contributed by atoms with Crippen LogP contribution in [0.5, 0.6) is 11.5 Å². The van der Waals surface area contributed by atoms with Gasteiger partial charge in [0, 0.05) is 48.2 Å². The van der Waals surface area contributed by atoms with Gasteiger partial charge >= 0.3 is 0 Å². The number of aromatic nitrogens is 3. The number of H-pyrrole nitrogens is 1. The lowest BCUT2D eigenvalue weighted by atomic mass is 9.90. The first-order valence-electron chi connectivity index (χ1n) is 9.92. The van der Waals surface area contributed by atoms with E-state index in [0.29, 0.717) is 36.8 Å². The van der Waals surface area contributed by atoms with E-state index >= 15 is 0 Å². The Kier molecular flexibility index (Phi) is 4.63. The van der Waals surface area contributed by atoms with Crippen LogP contribution in [-0.2, 0) is 0 Å². The van der Waals surface area contributed by atoms with Crippen LogP contribution in [0.2, 0.25) is 0 Å². The molecule has 0 spiro atoms. The van der Waals surface area contributed by atoms with Crippen LogP contribution in [0.15, 0.2) is 48.9 Å². The number of nitrogens with one attached hydrogen (secondary N) is 1. The van der Waals surface area contributed by atoms with Crippen molar-refractivity contribution in [2.75, 3.05) is 26.3 Å². The monoisotopic (exact) mass is 390 g/mol. The van der Waals surface area contributed by atoms with E-state index in [1.165, 1.54) is 0 Å². The summed E-state index contributed by atoms with van der Waals surface area (Å²) in [4.78, 5) is 19.2. The van der Waals surface area contributed by atoms with E-state index in [2.05, 4.69) is 15.2 Å². The number of nitrogens with zero attached hydrogens (tertiary/aromatic N) is 3. The van der Waals surface area contributed by atoms with E-state index < -0.39 is 0 Å². The van der Waals surface area contributed by atoms with Crippen LogP contribution in [0.4, 0.5) is 0 Å². The predicted octanol–water partition coefficient (Wildman–Crippen LogP) is 3.26. The highest BCUT2D eigenvalue weighted by atomic mass is 16.6. The van der Waals surface area contributed by atoms with Gasteiger partial charge in [0.05, 0.1) is 6.20 Å². The first kappa shape index (κ1) is 17.7. The SMILES string of the molecule is O=C(c1ccc2c(c1)OCCO2)N1CCC[C@@H](c2[nH]ncc2-c2ccncc2)C1. The lowest BCUT2D eigenvalue weighted by Gasteiger charge is -2.33. The minimum atomic E-state index is 0.0247. The average molecular weight is 390 g/mol. The van der Waals surface area contributed by atoms with Gasteiger partial charge in [0.2, 0.25) is 0 Å². The van der Waals surface area contributed by atoms with Crippen LogP contribution >= 0.6 is 0 Å². The molecule has 0 unspecified atom stereocenters. The molecule has 1 aromatic carbocycles. The Morgan fingerprint density at radius 1 is 1.10 bits per heavy atom. The molecule has 2 aliphatic heterocycles. The smallest absolute Gasteiger partial charge is 0.254 e. The molecule has 29 heavy (non-hydrogen) atoms. The summed E-state index contributed by atoms with van der Waals surface area (Å²) in [6, 6.07) is 9.39. The van der Waals surface area contributed by atoms with E-state index in [9.17, 15) is 4.79 Å². The number of rotatable bonds is 3. The number of ether oxygens (including phenoxy) is 2. The van der Waals surface area contributed by atoms with Gasteiger partial charge < -0.3 is 14.4 Å². The maximum Gasteiger partial charge on any atom is 0.254 e. The molecule has 1 N–H and O–H groups in total. The Morgan fingerprint density at radius 2 is 1.93 bits per heavy atom. The second kappa shape index (κ2) is 7.58. The zero-order chi connectivity index (χ0) is 19.6. The van der Waals surface area contributed by atoms with Crippen molar-refractivity contribution in [1.29, 1.82) is 0 Å². The number of benzene rings is 1. The Morgan fingerprint density at radius 3 is 2.79 bits per heavy atom. The van der Waals surface area contributed by atoms with Gasteiger partial charge in [-0.1, -0.05) is 0 Å². The van der Waals surface area contributed by atoms with Crippen molar-refractivity contribution in [2.45, 2.75) is 18.8 Å². The molecular weight excluding hydrogens is 368 g/mol. The van der Waals surface area contributed by atoms with E-state index in [0.717, 1.165) is 36.2 Å². The van der Waals surface area contributed by atoms with Crippen LogP contribution in [0, 0.1) is 0 Å². The minimum absolute atomic E-state index is 0.0247. The molecule has 2 aliphatic rings. The zero-order valence-electron chi connectivity index (χ0n) is 16.0. The normalized spacial score (nSPS) is 18.5. The molecule has 3 aromatic rings. The van der Waals surface area contributed by atoms with Crippen LogP contribution in [0.25, 0.3) is 11.1 Å². The van der Waals surface area contributed by atoms with Crippen molar-refractivity contribution in [1.82, 2.24) is 20.1 Å². The van der Waals surface area contributed by atoms with Crippen LogP contribution in [0.1, 0.15) is 34.8 Å². The topological polar surface area (TPSA) is 80.3 Å². The summed E-state index contributed by atoms with van der Waals surface area (Å²) in [6.45, 7) is 2.46. The number of pyridine rings is 1. The number of likely N-dealkylation sites (tertiary alicyclic amines) is 1. The highest BCUT2D eigenvalue weighted by Crippen LogP contribution is 2.34. The Labute approximate surface area is 168 Å². The van der Waals surface area contributed by atoms with Gasteiger partial charge in [-0.05, 0) is 48.7 Å². The Bertz CT molecular complexity index is 1020. The van der Waals surface area contributed by atoms with Crippen molar-refractivity contribution in [2.24, 2.45) is 0 Å². The lowest BCUT2D eigenvalue weighted by molar-refractivity contribution is 0.0705. The lowest BCUT2D eigenvalue weighted by Crippen LogP contribution is -2.39. The van der Waals surface area contributed by atoms with Gasteiger partial charge in [0.25, 0.3) is 5.91 Å². The molecule has 1 fully saturated rings. The van der Waals surface area contributed by atoms with Gasteiger partial charge in [-0.15, -0.1) is 0 Å². The number of carbonyl (C=O) groups is 1. The fourth-order valence-corrected chi connectivity index (χ4v) is 4.13. The van der Waals surface area contributed by atoms with Crippen LogP contribution in [0.3, 0.4) is 0 Å². The fraction of sp³-hybridized carbons (Fsp3) is 0.318. The van der Waals surface area contributed by atoms with Gasteiger partial charge in [-0.25, -0.2) is 0 Å². The Hall–Kier alpha value is -3.35. The van der Waals surface area contributed by atoms with Crippen molar-refractivity contribution in [3.05, 3.63) is 60.2 Å². The zero-order valence-corrected chi connectivity index (χ0v) is 16.0. The largest absolute Gasteiger partial charge is 0.486 e. The maximum absolute atomic E-state index is 13.2. The molecular formula is C22H22N4O3. The van der Waals surface area contributed by atoms with Crippen molar-refractivity contribution in [3.8, 4) is 22.6 Å². The standard InChI is InChI=1S/C22H22N4O3/c27-22(16-3-4-19-20(12-16)29-11-10-28-19)26-9-1-2-17(14-26)21-18(13-24-25-21)15-5-7-23-8-6-15/h3-8,12-13,17H,1-2,9-11,14H2,(H,24,25)/t17-/m1/s1. The third-order valence-electron chi connectivity index (χ3n) is 5.57. The second-order valence-corrected chi connectivity index (χ2v) is 7.38. The molecule has 4 heterocycles. The molecule has 1 atom stereocenters. The van der Waals surface area contributed by atoms with Crippen LogP contribution < -0.4 is 9.47 Å². The molecule has 0 aliphatic carbocycles. The molecule has 5 rings (SSSR count).